The first kappa shape index (κ1) is 30.9. The molecule has 47 heavy (non-hydrogen) atoms. The molecule has 9 heteroatoms. The Morgan fingerprint density at radius 2 is 1.79 bits per heavy atom. The Bertz CT molecular complexity index is 1910. The molecule has 3 aromatic carbocycles. The highest BCUT2D eigenvalue weighted by molar-refractivity contribution is 7.22. The number of thiazole rings is 1. The number of rotatable bonds is 9. The molecule has 1 aliphatic heterocycles. The molecule has 2 aliphatic rings. The molecule has 8 nitrogen and oxygen atoms in total. The highest BCUT2D eigenvalue weighted by Gasteiger charge is 2.25. The summed E-state index contributed by atoms with van der Waals surface area (Å²) in [7, 11) is 0. The number of hydrogen-bond acceptors (Lipinski definition) is 7. The number of hydrogen-bond donors (Lipinski definition) is 2. The first-order valence-corrected chi connectivity index (χ1v) is 17.3. The van der Waals surface area contributed by atoms with Crippen molar-refractivity contribution in [2.45, 2.75) is 58.4 Å². The number of benzene rings is 3. The summed E-state index contributed by atoms with van der Waals surface area (Å²) in [5, 5.41) is 13.8. The lowest BCUT2D eigenvalue weighted by molar-refractivity contribution is 0.0691. The Balaban J connectivity index is 1.11. The Kier molecular flexibility index (Phi) is 8.89. The molecular weight excluding hydrogens is 609 g/mol. The molecule has 0 unspecified atom stereocenters. The van der Waals surface area contributed by atoms with E-state index in [-0.39, 0.29) is 11.6 Å². The van der Waals surface area contributed by atoms with Crippen LogP contribution in [0.5, 0.6) is 5.75 Å². The highest BCUT2D eigenvalue weighted by atomic mass is 32.1. The van der Waals surface area contributed by atoms with Crippen LogP contribution >= 0.6 is 11.3 Å². The maximum atomic E-state index is 13.5. The normalized spacial score (nSPS) is 15.0. The first-order chi connectivity index (χ1) is 22.9. The maximum absolute atomic E-state index is 13.5. The smallest absolute Gasteiger partial charge is 0.355 e. The predicted molar refractivity (Wildman–Crippen MR) is 187 cm³/mol. The van der Waals surface area contributed by atoms with E-state index in [1.165, 1.54) is 43.4 Å². The number of carboxylic acids is 1. The number of amides is 1. The number of aromatic nitrogens is 2. The van der Waals surface area contributed by atoms with Crippen LogP contribution in [-0.4, -0.2) is 40.1 Å². The third kappa shape index (κ3) is 6.58. The second-order valence-corrected chi connectivity index (χ2v) is 13.5. The molecule has 240 valence electrons. The first-order valence-electron chi connectivity index (χ1n) is 16.4. The number of aromatic carboxylic acids is 1. The van der Waals surface area contributed by atoms with Crippen molar-refractivity contribution in [2.75, 3.05) is 23.4 Å². The van der Waals surface area contributed by atoms with E-state index in [1.807, 2.05) is 84.6 Å². The molecule has 1 aliphatic carbocycles. The summed E-state index contributed by atoms with van der Waals surface area (Å²) in [5.74, 6) is 0.777. The van der Waals surface area contributed by atoms with Crippen LogP contribution in [0.15, 0.2) is 72.8 Å². The van der Waals surface area contributed by atoms with Gasteiger partial charge in [-0.3, -0.25) is 10.1 Å². The summed E-state index contributed by atoms with van der Waals surface area (Å²) < 4.78 is 7.24. The summed E-state index contributed by atoms with van der Waals surface area (Å²) >= 11 is 1.44. The Hall–Kier alpha value is -4.76. The topological polar surface area (TPSA) is 105 Å². The number of carbonyl (C=O) groups is 2. The molecule has 1 saturated carbocycles. The zero-order valence-electron chi connectivity index (χ0n) is 26.5. The predicted octanol–water partition coefficient (Wildman–Crippen LogP) is 8.53. The van der Waals surface area contributed by atoms with Gasteiger partial charge in [0.2, 0.25) is 0 Å². The van der Waals surface area contributed by atoms with Gasteiger partial charge < -0.3 is 14.7 Å². The van der Waals surface area contributed by atoms with Crippen molar-refractivity contribution in [3.8, 4) is 16.9 Å². The molecule has 3 heterocycles. The molecular formula is C38H38N4O4S. The molecule has 5 aromatic rings. The van der Waals surface area contributed by atoms with E-state index >= 15 is 0 Å². The average molecular weight is 647 g/mol. The Morgan fingerprint density at radius 1 is 0.957 bits per heavy atom. The number of para-hydroxylation sites is 1. The van der Waals surface area contributed by atoms with E-state index in [9.17, 15) is 14.7 Å². The number of anilines is 2. The number of nitrogens with one attached hydrogen (secondary N) is 1. The van der Waals surface area contributed by atoms with Crippen LogP contribution in [0.2, 0.25) is 0 Å². The van der Waals surface area contributed by atoms with Gasteiger partial charge in [0.05, 0.1) is 16.8 Å². The number of pyridine rings is 1. The Labute approximate surface area is 278 Å². The zero-order valence-corrected chi connectivity index (χ0v) is 27.3. The molecule has 0 spiro atoms. The van der Waals surface area contributed by atoms with Gasteiger partial charge in [0, 0.05) is 24.2 Å². The van der Waals surface area contributed by atoms with Crippen molar-refractivity contribution in [1.82, 2.24) is 9.97 Å². The second-order valence-electron chi connectivity index (χ2n) is 12.5. The van der Waals surface area contributed by atoms with Gasteiger partial charge in [-0.15, -0.1) is 0 Å². The third-order valence-electron chi connectivity index (χ3n) is 9.52. The van der Waals surface area contributed by atoms with Crippen molar-refractivity contribution in [3.05, 3.63) is 101 Å². The number of fused-ring (bicyclic) bond motifs is 2. The van der Waals surface area contributed by atoms with E-state index in [0.29, 0.717) is 48.2 Å². The summed E-state index contributed by atoms with van der Waals surface area (Å²) in [6, 6.07) is 23.1. The fourth-order valence-corrected chi connectivity index (χ4v) is 7.82. The van der Waals surface area contributed by atoms with E-state index in [1.54, 1.807) is 0 Å². The summed E-state index contributed by atoms with van der Waals surface area (Å²) in [4.78, 5) is 37.4. The van der Waals surface area contributed by atoms with Crippen molar-refractivity contribution >= 4 is 44.4 Å². The number of nitrogens with zero attached hydrogens (tertiary/aromatic N) is 3. The van der Waals surface area contributed by atoms with Gasteiger partial charge >= 0.3 is 5.97 Å². The lowest BCUT2D eigenvalue weighted by Crippen LogP contribution is -2.33. The fraction of sp³-hybridized carbons (Fsp3) is 0.316. The number of carboxylic acid groups (broad SMARTS) is 1. The van der Waals surface area contributed by atoms with Crippen LogP contribution in [0.4, 0.5) is 10.9 Å². The minimum atomic E-state index is -1.09. The molecule has 0 saturated heterocycles. The summed E-state index contributed by atoms with van der Waals surface area (Å²) in [6.07, 6.45) is 8.28. The van der Waals surface area contributed by atoms with E-state index < -0.39 is 5.97 Å². The minimum Gasteiger partial charge on any atom is -0.493 e. The average Bonchev–Trinajstić information content (AvgIpc) is 3.51. The molecule has 2 N–H and O–H groups in total. The van der Waals surface area contributed by atoms with Crippen molar-refractivity contribution < 1.29 is 19.4 Å². The van der Waals surface area contributed by atoms with Crippen molar-refractivity contribution in [3.63, 3.8) is 0 Å². The van der Waals surface area contributed by atoms with Crippen molar-refractivity contribution in [1.29, 1.82) is 0 Å². The van der Waals surface area contributed by atoms with Gasteiger partial charge in [-0.1, -0.05) is 79.8 Å². The monoisotopic (exact) mass is 646 g/mol. The standard InChI is InChI=1S/C38H38N4O4S/c1-24-27(12-8-15-32(24)46-22-20-25-9-3-2-4-10-25)28-17-18-34(40-35(28)37(44)45)42-21-19-26-11-7-13-29(30(26)23-42)36(43)41-38-39-31-14-5-6-16-33(31)47-38/h5-8,11-18,25H,2-4,9-10,19-23H2,1H3,(H,44,45)(H,39,41,43). The third-order valence-corrected chi connectivity index (χ3v) is 10.5. The SMILES string of the molecule is Cc1c(OCCC2CCCCC2)cccc1-c1ccc(N2CCc3cccc(C(=O)Nc4nc5ccccc5s4)c3C2)nc1C(=O)O. The molecule has 1 fully saturated rings. The maximum Gasteiger partial charge on any atom is 0.355 e. The summed E-state index contributed by atoms with van der Waals surface area (Å²) in [6.45, 7) is 3.74. The van der Waals surface area contributed by atoms with Crippen LogP contribution < -0.4 is 15.0 Å². The number of carbonyl (C=O) groups excluding carboxylic acids is 1. The fourth-order valence-electron chi connectivity index (χ4n) is 6.96. The van der Waals surface area contributed by atoms with Gasteiger partial charge in [0.15, 0.2) is 10.8 Å². The van der Waals surface area contributed by atoms with E-state index in [0.717, 1.165) is 50.6 Å². The van der Waals surface area contributed by atoms with Gasteiger partial charge in [0.25, 0.3) is 5.91 Å². The molecule has 0 bridgehead atoms. The summed E-state index contributed by atoms with van der Waals surface area (Å²) in [5.41, 5.74) is 5.71. The molecule has 7 rings (SSSR count). The zero-order chi connectivity index (χ0) is 32.3. The molecule has 0 radical (unpaired) electrons. The molecule has 0 atom stereocenters. The van der Waals surface area contributed by atoms with Crippen LogP contribution in [0, 0.1) is 12.8 Å². The molecule has 2 aromatic heterocycles. The molecule has 1 amide bonds. The van der Waals surface area contributed by atoms with Gasteiger partial charge in [-0.05, 0) is 84.3 Å². The van der Waals surface area contributed by atoms with Gasteiger partial charge in [-0.2, -0.15) is 0 Å². The number of ether oxygens (including phenoxy) is 1. The largest absolute Gasteiger partial charge is 0.493 e. The van der Waals surface area contributed by atoms with E-state index in [4.69, 9.17) is 4.74 Å². The van der Waals surface area contributed by atoms with Crippen LogP contribution in [-0.2, 0) is 13.0 Å². The lowest BCUT2D eigenvalue weighted by Gasteiger charge is -2.31. The van der Waals surface area contributed by atoms with Gasteiger partial charge in [-0.25, -0.2) is 14.8 Å². The van der Waals surface area contributed by atoms with Crippen LogP contribution in [0.25, 0.3) is 21.3 Å². The van der Waals surface area contributed by atoms with Crippen LogP contribution in [0.1, 0.15) is 76.1 Å². The second kappa shape index (κ2) is 13.5. The lowest BCUT2D eigenvalue weighted by atomic mass is 9.87. The van der Waals surface area contributed by atoms with Crippen molar-refractivity contribution in [2.24, 2.45) is 5.92 Å². The Morgan fingerprint density at radius 3 is 2.62 bits per heavy atom. The van der Waals surface area contributed by atoms with Gasteiger partial charge in [0.1, 0.15) is 11.6 Å². The van der Waals surface area contributed by atoms with E-state index in [2.05, 4.69) is 15.3 Å². The highest BCUT2D eigenvalue weighted by Crippen LogP contribution is 2.35. The minimum absolute atomic E-state index is 0.00221. The quantitative estimate of drug-likeness (QED) is 0.165. The van der Waals surface area contributed by atoms with Crippen LogP contribution in [0.3, 0.4) is 0 Å².